The highest BCUT2D eigenvalue weighted by Crippen LogP contribution is 2.20. The number of hydrogen-bond donors (Lipinski definition) is 1. The van der Waals surface area contributed by atoms with E-state index in [1.54, 1.807) is 17.1 Å². The number of aryl methyl sites for hydroxylation is 2. The Morgan fingerprint density at radius 3 is 2.80 bits per heavy atom. The van der Waals surface area contributed by atoms with E-state index in [9.17, 15) is 0 Å². The Kier molecular flexibility index (Phi) is 2.51. The molecule has 0 fully saturated rings. The van der Waals surface area contributed by atoms with Gasteiger partial charge in [0.25, 0.3) is 0 Å². The summed E-state index contributed by atoms with van der Waals surface area (Å²) < 4.78 is 1.78. The van der Waals surface area contributed by atoms with Crippen molar-refractivity contribution in [2.75, 3.05) is 0 Å². The van der Waals surface area contributed by atoms with Crippen LogP contribution < -0.4 is 5.73 Å². The van der Waals surface area contributed by atoms with Crippen molar-refractivity contribution in [3.8, 4) is 0 Å². The molecule has 1 atom stereocenters. The second-order valence-corrected chi connectivity index (χ2v) is 3.61. The summed E-state index contributed by atoms with van der Waals surface area (Å²) in [6.07, 6.45) is 5.48. The summed E-state index contributed by atoms with van der Waals surface area (Å²) in [6.45, 7) is 1.96. The molecule has 0 aromatic carbocycles. The van der Waals surface area contributed by atoms with Gasteiger partial charge in [-0.3, -0.25) is 9.67 Å². The Balaban J connectivity index is 2.36. The molecule has 4 nitrogen and oxygen atoms in total. The lowest BCUT2D eigenvalue weighted by Gasteiger charge is -2.09. The van der Waals surface area contributed by atoms with Gasteiger partial charge in [0, 0.05) is 31.2 Å². The summed E-state index contributed by atoms with van der Waals surface area (Å²) in [4.78, 5) is 4.06. The van der Waals surface area contributed by atoms with Gasteiger partial charge in [0.1, 0.15) is 0 Å². The van der Waals surface area contributed by atoms with Crippen LogP contribution in [-0.4, -0.2) is 14.8 Å². The van der Waals surface area contributed by atoms with Crippen molar-refractivity contribution < 1.29 is 0 Å². The molecule has 0 saturated heterocycles. The van der Waals surface area contributed by atoms with Crippen LogP contribution in [0.15, 0.2) is 30.7 Å². The molecule has 0 saturated carbocycles. The van der Waals surface area contributed by atoms with E-state index in [1.165, 1.54) is 0 Å². The van der Waals surface area contributed by atoms with Crippen molar-refractivity contribution in [1.82, 2.24) is 14.8 Å². The molecule has 0 aliphatic heterocycles. The molecule has 0 spiro atoms. The number of nitrogens with zero attached hydrogens (tertiary/aromatic N) is 3. The molecule has 2 N–H and O–H groups in total. The third-order valence-corrected chi connectivity index (χ3v) is 2.43. The summed E-state index contributed by atoms with van der Waals surface area (Å²) in [5, 5.41) is 4.27. The van der Waals surface area contributed by atoms with Crippen LogP contribution in [0.4, 0.5) is 0 Å². The minimum Gasteiger partial charge on any atom is -0.320 e. The molecule has 0 aliphatic rings. The maximum absolute atomic E-state index is 6.14. The van der Waals surface area contributed by atoms with E-state index in [0.29, 0.717) is 0 Å². The van der Waals surface area contributed by atoms with Crippen molar-refractivity contribution in [3.63, 3.8) is 0 Å². The van der Waals surface area contributed by atoms with Crippen LogP contribution >= 0.6 is 0 Å². The Labute approximate surface area is 88.8 Å². The van der Waals surface area contributed by atoms with Crippen LogP contribution in [0.25, 0.3) is 0 Å². The molecule has 2 heterocycles. The maximum Gasteiger partial charge on any atom is 0.0644 e. The second kappa shape index (κ2) is 3.82. The lowest BCUT2D eigenvalue weighted by Crippen LogP contribution is -2.12. The van der Waals surface area contributed by atoms with Gasteiger partial charge < -0.3 is 5.73 Å². The van der Waals surface area contributed by atoms with Crippen molar-refractivity contribution in [2.24, 2.45) is 12.8 Å². The average Bonchev–Trinajstić information content (AvgIpc) is 2.58. The fourth-order valence-electron chi connectivity index (χ4n) is 1.66. The van der Waals surface area contributed by atoms with Gasteiger partial charge in [0.15, 0.2) is 0 Å². The predicted molar refractivity (Wildman–Crippen MR) is 58.2 cm³/mol. The van der Waals surface area contributed by atoms with Gasteiger partial charge in [0.2, 0.25) is 0 Å². The third kappa shape index (κ3) is 1.89. The maximum atomic E-state index is 6.14. The fourth-order valence-corrected chi connectivity index (χ4v) is 1.66. The molecule has 0 bridgehead atoms. The summed E-state index contributed by atoms with van der Waals surface area (Å²) >= 11 is 0. The Hall–Kier alpha value is -1.68. The fraction of sp³-hybridized carbons (Fsp3) is 0.273. The molecule has 2 aromatic heterocycles. The number of aromatic nitrogens is 3. The minimum absolute atomic E-state index is 0.146. The van der Waals surface area contributed by atoms with Crippen molar-refractivity contribution >= 4 is 0 Å². The average molecular weight is 202 g/mol. The Morgan fingerprint density at radius 2 is 2.27 bits per heavy atom. The first kappa shape index (κ1) is 9.86. The van der Waals surface area contributed by atoms with Gasteiger partial charge in [-0.1, -0.05) is 6.07 Å². The highest BCUT2D eigenvalue weighted by Gasteiger charge is 2.13. The van der Waals surface area contributed by atoms with E-state index in [0.717, 1.165) is 16.8 Å². The summed E-state index contributed by atoms with van der Waals surface area (Å²) in [5.74, 6) is 0. The van der Waals surface area contributed by atoms with Crippen LogP contribution in [0.1, 0.15) is 22.9 Å². The highest BCUT2D eigenvalue weighted by atomic mass is 15.2. The zero-order valence-corrected chi connectivity index (χ0v) is 8.88. The van der Waals surface area contributed by atoms with Gasteiger partial charge in [0.05, 0.1) is 11.7 Å². The normalized spacial score (nSPS) is 12.7. The first-order valence-corrected chi connectivity index (χ1v) is 4.84. The number of nitrogens with two attached hydrogens (primary N) is 1. The van der Waals surface area contributed by atoms with E-state index in [-0.39, 0.29) is 6.04 Å². The molecular formula is C11H14N4. The molecule has 0 aliphatic carbocycles. The summed E-state index contributed by atoms with van der Waals surface area (Å²) in [7, 11) is 1.90. The van der Waals surface area contributed by atoms with Crippen molar-refractivity contribution in [3.05, 3.63) is 47.5 Å². The highest BCUT2D eigenvalue weighted by molar-refractivity contribution is 5.30. The first-order valence-electron chi connectivity index (χ1n) is 4.84. The van der Waals surface area contributed by atoms with Gasteiger partial charge in [-0.05, 0) is 18.6 Å². The molecule has 1 unspecified atom stereocenters. The number of hydrogen-bond acceptors (Lipinski definition) is 3. The van der Waals surface area contributed by atoms with E-state index in [1.807, 2.05) is 32.3 Å². The minimum atomic E-state index is -0.146. The van der Waals surface area contributed by atoms with Crippen LogP contribution in [0, 0.1) is 6.92 Å². The zero-order valence-electron chi connectivity index (χ0n) is 8.88. The molecule has 78 valence electrons. The molecule has 15 heavy (non-hydrogen) atoms. The number of rotatable bonds is 2. The Morgan fingerprint density at radius 1 is 1.47 bits per heavy atom. The quantitative estimate of drug-likeness (QED) is 0.795. The molecular weight excluding hydrogens is 188 g/mol. The van der Waals surface area contributed by atoms with Crippen LogP contribution in [-0.2, 0) is 7.05 Å². The first-order chi connectivity index (χ1) is 7.18. The van der Waals surface area contributed by atoms with E-state index < -0.39 is 0 Å². The molecule has 2 aromatic rings. The van der Waals surface area contributed by atoms with E-state index in [4.69, 9.17) is 5.73 Å². The lowest BCUT2D eigenvalue weighted by molar-refractivity contribution is 0.756. The third-order valence-electron chi connectivity index (χ3n) is 2.43. The Bertz CT molecular complexity index is 447. The smallest absolute Gasteiger partial charge is 0.0644 e. The monoisotopic (exact) mass is 202 g/mol. The molecule has 0 radical (unpaired) electrons. The predicted octanol–water partition coefficient (Wildman–Crippen LogP) is 1.17. The van der Waals surface area contributed by atoms with Crippen LogP contribution in [0.5, 0.6) is 0 Å². The topological polar surface area (TPSA) is 56.7 Å². The van der Waals surface area contributed by atoms with Gasteiger partial charge in [-0.15, -0.1) is 0 Å². The summed E-state index contributed by atoms with van der Waals surface area (Å²) in [5.41, 5.74) is 9.16. The van der Waals surface area contributed by atoms with Gasteiger partial charge in [-0.2, -0.15) is 5.10 Å². The molecule has 0 amide bonds. The largest absolute Gasteiger partial charge is 0.320 e. The molecule has 4 heteroatoms. The van der Waals surface area contributed by atoms with Crippen LogP contribution in [0.2, 0.25) is 0 Å². The standard InChI is InChI=1S/C11H14N4/c1-8-10(7-15(2)14-8)11(12)9-4-3-5-13-6-9/h3-7,11H,12H2,1-2H3. The van der Waals surface area contributed by atoms with E-state index in [2.05, 4.69) is 10.1 Å². The summed E-state index contributed by atoms with van der Waals surface area (Å²) in [6, 6.07) is 3.72. The van der Waals surface area contributed by atoms with Crippen molar-refractivity contribution in [1.29, 1.82) is 0 Å². The van der Waals surface area contributed by atoms with Gasteiger partial charge in [-0.25, -0.2) is 0 Å². The lowest BCUT2D eigenvalue weighted by atomic mass is 10.0. The van der Waals surface area contributed by atoms with Crippen molar-refractivity contribution in [2.45, 2.75) is 13.0 Å². The zero-order chi connectivity index (χ0) is 10.8. The van der Waals surface area contributed by atoms with Crippen LogP contribution in [0.3, 0.4) is 0 Å². The molecule has 2 rings (SSSR count). The number of pyridine rings is 1. The van der Waals surface area contributed by atoms with Gasteiger partial charge >= 0.3 is 0 Å². The van der Waals surface area contributed by atoms with E-state index >= 15 is 0 Å². The SMILES string of the molecule is Cc1nn(C)cc1C(N)c1cccnc1. The second-order valence-electron chi connectivity index (χ2n) is 3.61.